The number of carbonyl (C=O) groups excluding carboxylic acids is 3. The molecule has 6 heteroatoms. The number of esters is 2. The van der Waals surface area contributed by atoms with Crippen LogP contribution in [0.15, 0.2) is 12.7 Å². The van der Waals surface area contributed by atoms with E-state index in [0.717, 1.165) is 18.9 Å². The van der Waals surface area contributed by atoms with Crippen molar-refractivity contribution in [3.8, 4) is 0 Å². The number of ether oxygens (including phenoxy) is 1. The van der Waals surface area contributed by atoms with Crippen molar-refractivity contribution < 1.29 is 28.9 Å². The van der Waals surface area contributed by atoms with Crippen LogP contribution in [-0.2, 0) is 28.9 Å². The lowest BCUT2D eigenvalue weighted by molar-refractivity contribution is -0.275. The molecular formula is C13H18O6. The Kier molecular flexibility index (Phi) is 6.21. The van der Waals surface area contributed by atoms with Crippen molar-refractivity contribution in [2.75, 3.05) is 6.61 Å². The molecule has 0 aliphatic heterocycles. The summed E-state index contributed by atoms with van der Waals surface area (Å²) in [5.41, 5.74) is 0. The summed E-state index contributed by atoms with van der Waals surface area (Å²) >= 11 is 0. The summed E-state index contributed by atoms with van der Waals surface area (Å²) in [5, 5.41) is 0. The van der Waals surface area contributed by atoms with Gasteiger partial charge in [-0.15, -0.1) is 0 Å². The number of carbonyl (C=O) groups is 3. The average Bonchev–Trinajstić information content (AvgIpc) is 2.44. The van der Waals surface area contributed by atoms with Gasteiger partial charge >= 0.3 is 17.9 Å². The monoisotopic (exact) mass is 270 g/mol. The molecule has 1 aliphatic carbocycles. The van der Waals surface area contributed by atoms with Gasteiger partial charge in [0.25, 0.3) is 0 Å². The Morgan fingerprint density at radius 3 is 2.26 bits per heavy atom. The summed E-state index contributed by atoms with van der Waals surface area (Å²) < 4.78 is 4.58. The first-order chi connectivity index (χ1) is 9.10. The van der Waals surface area contributed by atoms with E-state index in [1.165, 1.54) is 0 Å². The molecule has 0 N–H and O–H groups in total. The van der Waals surface area contributed by atoms with Gasteiger partial charge in [-0.1, -0.05) is 19.4 Å². The Balaban J connectivity index is 2.66. The molecule has 2 atom stereocenters. The SMILES string of the molecule is C=CC(=O)OC(=O)C1CCCCC1C(=O)OOCC. The van der Waals surface area contributed by atoms with Crippen LogP contribution in [0.25, 0.3) is 0 Å². The molecule has 19 heavy (non-hydrogen) atoms. The third-order valence-electron chi connectivity index (χ3n) is 3.00. The molecule has 0 aromatic rings. The van der Waals surface area contributed by atoms with Crippen molar-refractivity contribution in [2.24, 2.45) is 11.8 Å². The summed E-state index contributed by atoms with van der Waals surface area (Å²) in [6, 6.07) is 0. The van der Waals surface area contributed by atoms with Crippen LogP contribution in [0.3, 0.4) is 0 Å². The number of hydrogen-bond donors (Lipinski definition) is 0. The van der Waals surface area contributed by atoms with E-state index in [4.69, 9.17) is 0 Å². The van der Waals surface area contributed by atoms with Crippen LogP contribution in [0, 0.1) is 11.8 Å². The smallest absolute Gasteiger partial charge is 0.346 e. The van der Waals surface area contributed by atoms with Gasteiger partial charge in [0.1, 0.15) is 0 Å². The minimum atomic E-state index is -0.813. The van der Waals surface area contributed by atoms with Crippen molar-refractivity contribution in [3.63, 3.8) is 0 Å². The van der Waals surface area contributed by atoms with Gasteiger partial charge < -0.3 is 4.74 Å². The highest BCUT2D eigenvalue weighted by Crippen LogP contribution is 2.32. The maximum Gasteiger partial charge on any atom is 0.346 e. The van der Waals surface area contributed by atoms with Crippen molar-refractivity contribution >= 4 is 17.9 Å². The lowest BCUT2D eigenvalue weighted by Crippen LogP contribution is -2.35. The molecule has 0 spiro atoms. The zero-order chi connectivity index (χ0) is 14.3. The van der Waals surface area contributed by atoms with Gasteiger partial charge in [0.05, 0.1) is 18.4 Å². The Morgan fingerprint density at radius 1 is 1.16 bits per heavy atom. The lowest BCUT2D eigenvalue weighted by Gasteiger charge is -2.26. The summed E-state index contributed by atoms with van der Waals surface area (Å²) in [5.74, 6) is -3.39. The fourth-order valence-corrected chi connectivity index (χ4v) is 2.09. The van der Waals surface area contributed by atoms with Crippen molar-refractivity contribution in [1.29, 1.82) is 0 Å². The van der Waals surface area contributed by atoms with E-state index < -0.39 is 29.7 Å². The van der Waals surface area contributed by atoms with Gasteiger partial charge in [-0.25, -0.2) is 9.59 Å². The fourth-order valence-electron chi connectivity index (χ4n) is 2.09. The van der Waals surface area contributed by atoms with Crippen LogP contribution in [0.4, 0.5) is 0 Å². The predicted octanol–water partition coefficient (Wildman–Crippen LogP) is 1.54. The second-order valence-electron chi connectivity index (χ2n) is 4.25. The van der Waals surface area contributed by atoms with Crippen LogP contribution < -0.4 is 0 Å². The fraction of sp³-hybridized carbons (Fsp3) is 0.615. The molecule has 1 rings (SSSR count). The molecular weight excluding hydrogens is 252 g/mol. The highest BCUT2D eigenvalue weighted by Gasteiger charge is 2.39. The first kappa shape index (κ1) is 15.4. The van der Waals surface area contributed by atoms with Gasteiger partial charge in [0, 0.05) is 6.08 Å². The topological polar surface area (TPSA) is 78.9 Å². The van der Waals surface area contributed by atoms with Crippen LogP contribution in [0.5, 0.6) is 0 Å². The minimum Gasteiger partial charge on any atom is -0.390 e. The van der Waals surface area contributed by atoms with Crippen LogP contribution in [0.1, 0.15) is 32.6 Å². The molecule has 1 fully saturated rings. The first-order valence-corrected chi connectivity index (χ1v) is 6.31. The van der Waals surface area contributed by atoms with E-state index in [2.05, 4.69) is 21.1 Å². The molecule has 0 aromatic heterocycles. The molecule has 106 valence electrons. The highest BCUT2D eigenvalue weighted by atomic mass is 17.2. The van der Waals surface area contributed by atoms with Gasteiger partial charge in [-0.05, 0) is 19.8 Å². The van der Waals surface area contributed by atoms with E-state index >= 15 is 0 Å². The molecule has 0 radical (unpaired) electrons. The summed E-state index contributed by atoms with van der Waals surface area (Å²) in [4.78, 5) is 43.8. The number of hydrogen-bond acceptors (Lipinski definition) is 6. The molecule has 6 nitrogen and oxygen atoms in total. The zero-order valence-electron chi connectivity index (χ0n) is 10.9. The predicted molar refractivity (Wildman–Crippen MR) is 64.5 cm³/mol. The Hall–Kier alpha value is -1.69. The molecule has 0 saturated heterocycles. The quantitative estimate of drug-likeness (QED) is 0.248. The highest BCUT2D eigenvalue weighted by molar-refractivity contribution is 5.94. The molecule has 0 amide bonds. The van der Waals surface area contributed by atoms with Gasteiger partial charge in [-0.2, -0.15) is 4.89 Å². The van der Waals surface area contributed by atoms with Crippen molar-refractivity contribution in [2.45, 2.75) is 32.6 Å². The Morgan fingerprint density at radius 2 is 1.74 bits per heavy atom. The van der Waals surface area contributed by atoms with E-state index in [0.29, 0.717) is 12.8 Å². The second kappa shape index (κ2) is 7.68. The standard InChI is InChI=1S/C13H18O6/c1-3-11(14)18-12(15)9-7-5-6-8-10(9)13(16)19-17-4-2/h3,9-10H,1,4-8H2,2H3. The van der Waals surface area contributed by atoms with Gasteiger partial charge in [0.15, 0.2) is 0 Å². The third-order valence-corrected chi connectivity index (χ3v) is 3.00. The first-order valence-electron chi connectivity index (χ1n) is 6.31. The lowest BCUT2D eigenvalue weighted by atomic mass is 9.79. The summed E-state index contributed by atoms with van der Waals surface area (Å²) in [6.07, 6.45) is 3.56. The second-order valence-corrected chi connectivity index (χ2v) is 4.25. The van der Waals surface area contributed by atoms with Gasteiger partial charge in [0.2, 0.25) is 0 Å². The Labute approximate surface area is 111 Å². The van der Waals surface area contributed by atoms with E-state index in [9.17, 15) is 14.4 Å². The molecule has 1 saturated carbocycles. The Bertz CT molecular complexity index is 362. The van der Waals surface area contributed by atoms with E-state index in [1.807, 2.05) is 0 Å². The molecule has 0 bridgehead atoms. The normalized spacial score (nSPS) is 22.4. The molecule has 1 aliphatic rings. The van der Waals surface area contributed by atoms with E-state index in [1.54, 1.807) is 6.92 Å². The van der Waals surface area contributed by atoms with Gasteiger partial charge in [-0.3, -0.25) is 9.68 Å². The largest absolute Gasteiger partial charge is 0.390 e. The van der Waals surface area contributed by atoms with Crippen molar-refractivity contribution in [3.05, 3.63) is 12.7 Å². The zero-order valence-corrected chi connectivity index (χ0v) is 10.9. The molecule has 0 aromatic carbocycles. The summed E-state index contributed by atoms with van der Waals surface area (Å²) in [7, 11) is 0. The maximum absolute atomic E-state index is 11.8. The number of rotatable bonds is 5. The average molecular weight is 270 g/mol. The minimum absolute atomic E-state index is 0.239. The summed E-state index contributed by atoms with van der Waals surface area (Å²) in [6.45, 7) is 5.14. The van der Waals surface area contributed by atoms with Crippen LogP contribution in [-0.4, -0.2) is 24.5 Å². The van der Waals surface area contributed by atoms with E-state index in [-0.39, 0.29) is 6.61 Å². The maximum atomic E-state index is 11.8. The molecule has 2 unspecified atom stereocenters. The third kappa shape index (κ3) is 4.48. The molecule has 0 heterocycles. The van der Waals surface area contributed by atoms with Crippen LogP contribution in [0.2, 0.25) is 0 Å². The van der Waals surface area contributed by atoms with Crippen molar-refractivity contribution in [1.82, 2.24) is 0 Å². The van der Waals surface area contributed by atoms with Crippen LogP contribution >= 0.6 is 0 Å².